The Kier molecular flexibility index (Phi) is 4.32. The van der Waals surface area contributed by atoms with Crippen LogP contribution in [0.1, 0.15) is 0 Å². The van der Waals surface area contributed by atoms with E-state index in [9.17, 15) is 0 Å². The predicted octanol–water partition coefficient (Wildman–Crippen LogP) is -0.161. The zero-order valence-corrected chi connectivity index (χ0v) is 6.23. The molecule has 1 atom stereocenters. The number of hydrogen-bond acceptors (Lipinski definition) is 3. The van der Waals surface area contributed by atoms with Crippen LogP contribution >= 0.6 is 12.6 Å². The van der Waals surface area contributed by atoms with E-state index in [0.717, 1.165) is 6.54 Å². The van der Waals surface area contributed by atoms with Crippen LogP contribution in [0.3, 0.4) is 0 Å². The van der Waals surface area contributed by atoms with Crippen molar-refractivity contribution in [3.8, 4) is 0 Å². The molecule has 0 aliphatic rings. The van der Waals surface area contributed by atoms with Gasteiger partial charge in [-0.15, -0.1) is 0 Å². The lowest BCUT2D eigenvalue weighted by atomic mass is 10.4. The fourth-order valence-corrected chi connectivity index (χ4v) is 0.806. The number of nitrogens with zero attached hydrogens (tertiary/aromatic N) is 1. The highest BCUT2D eigenvalue weighted by molar-refractivity contribution is 7.81. The maximum atomic E-state index is 8.48. The third kappa shape index (κ3) is 4.43. The first kappa shape index (κ1) is 8.27. The van der Waals surface area contributed by atoms with Gasteiger partial charge in [-0.2, -0.15) is 12.6 Å². The molecule has 1 N–H and O–H groups in total. The lowest BCUT2D eigenvalue weighted by Gasteiger charge is -2.12. The molecule has 1 unspecified atom stereocenters. The molecule has 0 aromatic rings. The predicted molar refractivity (Wildman–Crippen MR) is 38.4 cm³/mol. The van der Waals surface area contributed by atoms with Crippen molar-refractivity contribution >= 4 is 12.6 Å². The van der Waals surface area contributed by atoms with Crippen molar-refractivity contribution in [3.63, 3.8) is 0 Å². The molecule has 0 aromatic carbocycles. The molecular weight excluding hydrogens is 122 g/mol. The third-order valence-corrected chi connectivity index (χ3v) is 1.11. The van der Waals surface area contributed by atoms with E-state index in [1.807, 2.05) is 19.0 Å². The van der Waals surface area contributed by atoms with Gasteiger partial charge < -0.3 is 10.0 Å². The van der Waals surface area contributed by atoms with Crippen molar-refractivity contribution < 1.29 is 5.11 Å². The van der Waals surface area contributed by atoms with Gasteiger partial charge in [0.25, 0.3) is 0 Å². The Morgan fingerprint density at radius 3 is 2.25 bits per heavy atom. The SMILES string of the molecule is CN(C)CC(S)CO. The Bertz CT molecular complexity index is 58.4. The Labute approximate surface area is 55.9 Å². The van der Waals surface area contributed by atoms with Gasteiger partial charge in [0.2, 0.25) is 0 Å². The molecule has 3 heteroatoms. The van der Waals surface area contributed by atoms with Gasteiger partial charge in [0.15, 0.2) is 0 Å². The van der Waals surface area contributed by atoms with Gasteiger partial charge in [0, 0.05) is 11.8 Å². The van der Waals surface area contributed by atoms with Gasteiger partial charge in [0.1, 0.15) is 0 Å². The Morgan fingerprint density at radius 2 is 2.12 bits per heavy atom. The Balaban J connectivity index is 3.10. The fraction of sp³-hybridized carbons (Fsp3) is 1.00. The lowest BCUT2D eigenvalue weighted by molar-refractivity contribution is 0.270. The van der Waals surface area contributed by atoms with Gasteiger partial charge in [-0.05, 0) is 14.1 Å². The van der Waals surface area contributed by atoms with E-state index in [1.165, 1.54) is 0 Å². The van der Waals surface area contributed by atoms with Crippen LogP contribution in [-0.4, -0.2) is 42.5 Å². The minimum atomic E-state index is 0.102. The highest BCUT2D eigenvalue weighted by atomic mass is 32.1. The number of rotatable bonds is 3. The first-order valence-corrected chi connectivity index (χ1v) is 3.12. The van der Waals surface area contributed by atoms with Crippen molar-refractivity contribution in [2.75, 3.05) is 27.2 Å². The van der Waals surface area contributed by atoms with Gasteiger partial charge in [-0.1, -0.05) is 0 Å². The van der Waals surface area contributed by atoms with Crippen molar-refractivity contribution in [1.82, 2.24) is 4.90 Å². The van der Waals surface area contributed by atoms with Gasteiger partial charge >= 0.3 is 0 Å². The maximum Gasteiger partial charge on any atom is 0.0559 e. The van der Waals surface area contributed by atoms with Crippen molar-refractivity contribution in [3.05, 3.63) is 0 Å². The van der Waals surface area contributed by atoms with Crippen LogP contribution in [-0.2, 0) is 0 Å². The van der Waals surface area contributed by atoms with E-state index in [-0.39, 0.29) is 11.9 Å². The summed E-state index contributed by atoms with van der Waals surface area (Å²) in [5.41, 5.74) is 0. The summed E-state index contributed by atoms with van der Waals surface area (Å²) in [6.45, 7) is 0.987. The Hall–Kier alpha value is 0.270. The molecule has 0 aliphatic heterocycles. The van der Waals surface area contributed by atoms with Crippen LogP contribution in [0.2, 0.25) is 0 Å². The number of aliphatic hydroxyl groups excluding tert-OH is 1. The smallest absolute Gasteiger partial charge is 0.0559 e. The van der Waals surface area contributed by atoms with Crippen LogP contribution in [0, 0.1) is 0 Å². The molecule has 0 aromatic heterocycles. The molecule has 0 aliphatic carbocycles. The molecule has 0 bridgehead atoms. The highest BCUT2D eigenvalue weighted by Crippen LogP contribution is 1.92. The summed E-state index contributed by atoms with van der Waals surface area (Å²) >= 11 is 4.08. The standard InChI is InChI=1S/C5H13NOS/c1-6(2)3-5(8)4-7/h5,7-8H,3-4H2,1-2H3. The molecule has 0 rings (SSSR count). The second-order valence-electron chi connectivity index (χ2n) is 2.10. The zero-order valence-electron chi connectivity index (χ0n) is 5.33. The molecule has 0 spiro atoms. The van der Waals surface area contributed by atoms with Crippen LogP contribution < -0.4 is 0 Å². The minimum absolute atomic E-state index is 0.102. The molecule has 0 amide bonds. The van der Waals surface area contributed by atoms with Crippen LogP contribution in [0.25, 0.3) is 0 Å². The number of hydrogen-bond donors (Lipinski definition) is 2. The van der Waals surface area contributed by atoms with Gasteiger partial charge in [-0.25, -0.2) is 0 Å². The lowest BCUT2D eigenvalue weighted by Crippen LogP contribution is -2.24. The largest absolute Gasteiger partial charge is 0.395 e. The summed E-state index contributed by atoms with van der Waals surface area (Å²) in [6.07, 6.45) is 0. The highest BCUT2D eigenvalue weighted by Gasteiger charge is 1.99. The van der Waals surface area contributed by atoms with E-state index < -0.39 is 0 Å². The van der Waals surface area contributed by atoms with Gasteiger partial charge in [0.05, 0.1) is 6.61 Å². The van der Waals surface area contributed by atoms with Crippen LogP contribution in [0.4, 0.5) is 0 Å². The third-order valence-electron chi connectivity index (χ3n) is 0.787. The summed E-state index contributed by atoms with van der Waals surface area (Å²) in [4.78, 5) is 1.99. The summed E-state index contributed by atoms with van der Waals surface area (Å²) in [6, 6.07) is 0. The molecule has 0 saturated heterocycles. The molecule has 50 valence electrons. The Morgan fingerprint density at radius 1 is 1.62 bits per heavy atom. The summed E-state index contributed by atoms with van der Waals surface area (Å²) in [5.74, 6) is 0. The van der Waals surface area contributed by atoms with Crippen molar-refractivity contribution in [2.24, 2.45) is 0 Å². The number of aliphatic hydroxyl groups is 1. The molecular formula is C5H13NOS. The number of thiol groups is 1. The van der Waals surface area contributed by atoms with E-state index in [4.69, 9.17) is 5.11 Å². The first-order valence-electron chi connectivity index (χ1n) is 2.60. The minimum Gasteiger partial charge on any atom is -0.395 e. The average Bonchev–Trinajstić information content (AvgIpc) is 1.65. The van der Waals surface area contributed by atoms with Crippen molar-refractivity contribution in [2.45, 2.75) is 5.25 Å². The topological polar surface area (TPSA) is 23.5 Å². The zero-order chi connectivity index (χ0) is 6.57. The van der Waals surface area contributed by atoms with E-state index in [2.05, 4.69) is 12.6 Å². The second-order valence-corrected chi connectivity index (χ2v) is 2.83. The van der Waals surface area contributed by atoms with Crippen molar-refractivity contribution in [1.29, 1.82) is 0 Å². The second kappa shape index (κ2) is 4.18. The molecule has 0 fully saturated rings. The monoisotopic (exact) mass is 135 g/mol. The normalized spacial score (nSPS) is 14.6. The first-order chi connectivity index (χ1) is 3.66. The van der Waals surface area contributed by atoms with E-state index >= 15 is 0 Å². The van der Waals surface area contributed by atoms with E-state index in [0.29, 0.717) is 0 Å². The summed E-state index contributed by atoms with van der Waals surface area (Å²) in [5, 5.41) is 8.58. The molecule has 2 nitrogen and oxygen atoms in total. The summed E-state index contributed by atoms with van der Waals surface area (Å²) in [7, 11) is 3.91. The maximum absolute atomic E-state index is 8.48. The molecule has 0 radical (unpaired) electrons. The van der Waals surface area contributed by atoms with Crippen LogP contribution in [0.5, 0.6) is 0 Å². The molecule has 8 heavy (non-hydrogen) atoms. The summed E-state index contributed by atoms with van der Waals surface area (Å²) < 4.78 is 0. The van der Waals surface area contributed by atoms with Gasteiger partial charge in [-0.3, -0.25) is 0 Å². The molecule has 0 saturated carbocycles. The fourth-order valence-electron chi connectivity index (χ4n) is 0.479. The average molecular weight is 135 g/mol. The molecule has 0 heterocycles. The van der Waals surface area contributed by atoms with Crippen LogP contribution in [0.15, 0.2) is 0 Å². The quantitative estimate of drug-likeness (QED) is 0.525. The van der Waals surface area contributed by atoms with E-state index in [1.54, 1.807) is 0 Å².